The van der Waals surface area contributed by atoms with Crippen molar-refractivity contribution in [1.82, 2.24) is 0 Å². The first-order valence-corrected chi connectivity index (χ1v) is 4.46. The highest BCUT2D eigenvalue weighted by molar-refractivity contribution is 5.46. The number of rotatable bonds is 0. The van der Waals surface area contributed by atoms with E-state index in [1.54, 1.807) is 6.07 Å². The highest BCUT2D eigenvalue weighted by Crippen LogP contribution is 2.32. The van der Waals surface area contributed by atoms with Gasteiger partial charge in [-0.1, -0.05) is 0 Å². The van der Waals surface area contributed by atoms with E-state index in [2.05, 4.69) is 0 Å². The Kier molecular flexibility index (Phi) is 1.88. The molecule has 1 aliphatic rings. The smallest absolute Gasteiger partial charge is 0.122 e. The molecule has 2 rings (SSSR count). The van der Waals surface area contributed by atoms with E-state index in [-0.39, 0.29) is 17.5 Å². The zero-order valence-electron chi connectivity index (χ0n) is 7.33. The number of aryl methyl sites for hydroxylation is 1. The Morgan fingerprint density at radius 2 is 2.08 bits per heavy atom. The molecular weight excluding hydrogens is 166 g/mol. The quantitative estimate of drug-likeness (QED) is 0.554. The number of nitrogens with two attached hydrogens (primary N) is 1. The molecule has 0 amide bonds. The van der Waals surface area contributed by atoms with Crippen LogP contribution in [0.1, 0.15) is 17.5 Å². The van der Waals surface area contributed by atoms with Crippen molar-refractivity contribution in [3.63, 3.8) is 0 Å². The number of hydrogen-bond acceptors (Lipinski definition) is 3. The molecule has 1 atom stereocenters. The molecule has 70 valence electrons. The summed E-state index contributed by atoms with van der Waals surface area (Å²) >= 11 is 0. The first kappa shape index (κ1) is 8.38. The third kappa shape index (κ3) is 1.47. The number of benzene rings is 1. The van der Waals surface area contributed by atoms with Crippen LogP contribution < -0.4 is 5.73 Å². The lowest BCUT2D eigenvalue weighted by Gasteiger charge is -2.22. The minimum Gasteiger partial charge on any atom is -0.508 e. The summed E-state index contributed by atoms with van der Waals surface area (Å²) in [6, 6.07) is 3.22. The van der Waals surface area contributed by atoms with Gasteiger partial charge in [-0.25, -0.2) is 0 Å². The second-order valence-corrected chi connectivity index (χ2v) is 3.61. The molecular formula is C10H13NO2. The Bertz CT molecular complexity index is 336. The van der Waals surface area contributed by atoms with E-state index < -0.39 is 0 Å². The minimum atomic E-state index is 0.131. The molecule has 0 saturated heterocycles. The number of fused-ring (bicyclic) bond motifs is 1. The molecule has 1 aromatic carbocycles. The van der Waals surface area contributed by atoms with Gasteiger partial charge in [0.2, 0.25) is 0 Å². The molecule has 0 unspecified atom stereocenters. The van der Waals surface area contributed by atoms with Crippen molar-refractivity contribution in [3.05, 3.63) is 23.3 Å². The molecule has 0 aliphatic heterocycles. The van der Waals surface area contributed by atoms with Crippen molar-refractivity contribution in [1.29, 1.82) is 0 Å². The Morgan fingerprint density at radius 1 is 1.31 bits per heavy atom. The maximum atomic E-state index is 9.54. The summed E-state index contributed by atoms with van der Waals surface area (Å²) in [6.07, 6.45) is 2.48. The van der Waals surface area contributed by atoms with E-state index in [0.29, 0.717) is 6.42 Å². The van der Waals surface area contributed by atoms with Crippen LogP contribution in [-0.4, -0.2) is 16.3 Å². The van der Waals surface area contributed by atoms with Crippen molar-refractivity contribution in [2.75, 3.05) is 0 Å². The average Bonchev–Trinajstić information content (AvgIpc) is 2.06. The van der Waals surface area contributed by atoms with Gasteiger partial charge in [-0.2, -0.15) is 0 Å². The van der Waals surface area contributed by atoms with Gasteiger partial charge in [-0.3, -0.25) is 0 Å². The van der Waals surface area contributed by atoms with Crippen LogP contribution in [0.5, 0.6) is 11.5 Å². The summed E-state index contributed by atoms with van der Waals surface area (Å²) in [6.45, 7) is 0. The van der Waals surface area contributed by atoms with Gasteiger partial charge >= 0.3 is 0 Å². The summed E-state index contributed by atoms with van der Waals surface area (Å²) in [5.74, 6) is 0.303. The van der Waals surface area contributed by atoms with Crippen molar-refractivity contribution in [3.8, 4) is 11.5 Å². The number of hydrogen-bond donors (Lipinski definition) is 3. The van der Waals surface area contributed by atoms with Crippen LogP contribution in [0, 0.1) is 0 Å². The van der Waals surface area contributed by atoms with E-state index >= 15 is 0 Å². The zero-order chi connectivity index (χ0) is 9.42. The van der Waals surface area contributed by atoms with E-state index in [4.69, 9.17) is 5.73 Å². The lowest BCUT2D eigenvalue weighted by Crippen LogP contribution is -2.27. The second kappa shape index (κ2) is 2.92. The lowest BCUT2D eigenvalue weighted by molar-refractivity contribution is 0.435. The van der Waals surface area contributed by atoms with Crippen molar-refractivity contribution >= 4 is 0 Å². The van der Waals surface area contributed by atoms with Gasteiger partial charge in [0.1, 0.15) is 11.5 Å². The van der Waals surface area contributed by atoms with Gasteiger partial charge in [0.05, 0.1) is 0 Å². The highest BCUT2D eigenvalue weighted by Gasteiger charge is 2.18. The molecule has 0 heterocycles. The maximum absolute atomic E-state index is 9.54. The molecule has 3 nitrogen and oxygen atoms in total. The molecule has 0 fully saturated rings. The van der Waals surface area contributed by atoms with Gasteiger partial charge in [0.15, 0.2) is 0 Å². The Hall–Kier alpha value is -1.22. The van der Waals surface area contributed by atoms with Crippen LogP contribution in [0.15, 0.2) is 12.1 Å². The van der Waals surface area contributed by atoms with E-state index in [1.807, 2.05) is 0 Å². The summed E-state index contributed by atoms with van der Waals surface area (Å²) in [4.78, 5) is 0. The summed E-state index contributed by atoms with van der Waals surface area (Å²) < 4.78 is 0. The Labute approximate surface area is 76.8 Å². The van der Waals surface area contributed by atoms with Crippen LogP contribution in [0.3, 0.4) is 0 Å². The van der Waals surface area contributed by atoms with Crippen LogP contribution in [0.2, 0.25) is 0 Å². The third-order valence-corrected chi connectivity index (χ3v) is 2.55. The van der Waals surface area contributed by atoms with Crippen molar-refractivity contribution in [2.45, 2.75) is 25.3 Å². The van der Waals surface area contributed by atoms with Crippen LogP contribution >= 0.6 is 0 Å². The fourth-order valence-electron chi connectivity index (χ4n) is 1.86. The molecule has 3 heteroatoms. The average molecular weight is 179 g/mol. The van der Waals surface area contributed by atoms with E-state index in [0.717, 1.165) is 24.0 Å². The Balaban J connectivity index is 2.47. The number of aromatic hydroxyl groups is 2. The fourth-order valence-corrected chi connectivity index (χ4v) is 1.86. The summed E-state index contributed by atoms with van der Waals surface area (Å²) in [5, 5.41) is 18.8. The Morgan fingerprint density at radius 3 is 2.85 bits per heavy atom. The minimum absolute atomic E-state index is 0.131. The van der Waals surface area contributed by atoms with E-state index in [1.165, 1.54) is 6.07 Å². The van der Waals surface area contributed by atoms with Gasteiger partial charge in [-0.15, -0.1) is 0 Å². The van der Waals surface area contributed by atoms with Crippen molar-refractivity contribution < 1.29 is 10.2 Å². The number of phenols is 2. The zero-order valence-corrected chi connectivity index (χ0v) is 7.33. The molecule has 1 aromatic rings. The largest absolute Gasteiger partial charge is 0.508 e. The first-order chi connectivity index (χ1) is 6.16. The van der Waals surface area contributed by atoms with Gasteiger partial charge in [0.25, 0.3) is 0 Å². The molecule has 0 radical (unpaired) electrons. The van der Waals surface area contributed by atoms with E-state index in [9.17, 15) is 10.2 Å². The first-order valence-electron chi connectivity index (χ1n) is 4.46. The van der Waals surface area contributed by atoms with Crippen LogP contribution in [-0.2, 0) is 12.8 Å². The third-order valence-electron chi connectivity index (χ3n) is 2.55. The second-order valence-electron chi connectivity index (χ2n) is 3.61. The highest BCUT2D eigenvalue weighted by atomic mass is 16.3. The van der Waals surface area contributed by atoms with Crippen molar-refractivity contribution in [2.24, 2.45) is 5.73 Å². The summed E-state index contributed by atoms with van der Waals surface area (Å²) in [5.41, 5.74) is 7.71. The number of phenolic OH excluding ortho intramolecular Hbond substituents is 2. The van der Waals surface area contributed by atoms with Crippen LogP contribution in [0.4, 0.5) is 0 Å². The fraction of sp³-hybridized carbons (Fsp3) is 0.400. The maximum Gasteiger partial charge on any atom is 0.122 e. The normalized spacial score (nSPS) is 21.2. The van der Waals surface area contributed by atoms with Gasteiger partial charge in [0, 0.05) is 12.1 Å². The molecule has 0 aromatic heterocycles. The predicted molar refractivity (Wildman–Crippen MR) is 49.8 cm³/mol. The van der Waals surface area contributed by atoms with Gasteiger partial charge < -0.3 is 15.9 Å². The standard InChI is InChI=1S/C10H13NO2/c11-7-2-1-6-3-8(12)5-10(13)9(6)4-7/h3,5,7,12-13H,1-2,4,11H2/t7-/m0/s1. The predicted octanol–water partition coefficient (Wildman–Crippen LogP) is 0.914. The molecule has 0 saturated carbocycles. The topological polar surface area (TPSA) is 66.5 Å². The van der Waals surface area contributed by atoms with Crippen LogP contribution in [0.25, 0.3) is 0 Å². The molecule has 13 heavy (non-hydrogen) atoms. The monoisotopic (exact) mass is 179 g/mol. The molecule has 4 N–H and O–H groups in total. The summed E-state index contributed by atoms with van der Waals surface area (Å²) in [7, 11) is 0. The molecule has 0 spiro atoms. The molecule has 1 aliphatic carbocycles. The lowest BCUT2D eigenvalue weighted by atomic mass is 9.88. The van der Waals surface area contributed by atoms with Gasteiger partial charge in [-0.05, 0) is 36.5 Å². The SMILES string of the molecule is N[C@H]1CCc2cc(O)cc(O)c2C1. The molecule has 0 bridgehead atoms.